The Bertz CT molecular complexity index is 980. The third-order valence-electron chi connectivity index (χ3n) is 3.78. The fourth-order valence-corrected chi connectivity index (χ4v) is 4.43. The van der Waals surface area contributed by atoms with Crippen LogP contribution in [-0.2, 0) is 20.3 Å². The summed E-state index contributed by atoms with van der Waals surface area (Å²) in [6, 6.07) is 3.99. The molecule has 1 unspecified atom stereocenters. The summed E-state index contributed by atoms with van der Waals surface area (Å²) in [6.07, 6.45) is -0.226. The van der Waals surface area contributed by atoms with Crippen molar-refractivity contribution in [2.24, 2.45) is 5.92 Å². The Morgan fingerprint density at radius 3 is 2.33 bits per heavy atom. The summed E-state index contributed by atoms with van der Waals surface area (Å²) in [7, 11) is -4.01. The lowest BCUT2D eigenvalue weighted by atomic mass is 10.0. The van der Waals surface area contributed by atoms with Gasteiger partial charge in [-0.25, -0.2) is 13.2 Å². The number of benzene rings is 1. The molecule has 8 nitrogen and oxygen atoms in total. The summed E-state index contributed by atoms with van der Waals surface area (Å²) in [5.74, 6) is -0.376. The highest BCUT2D eigenvalue weighted by molar-refractivity contribution is 7.90. The normalized spacial score (nSPS) is 13.3. The van der Waals surface area contributed by atoms with Crippen LogP contribution in [0.15, 0.2) is 27.8 Å². The zero-order chi connectivity index (χ0) is 22.7. The lowest BCUT2D eigenvalue weighted by Gasteiger charge is -2.22. The van der Waals surface area contributed by atoms with E-state index in [1.807, 2.05) is 13.8 Å². The molecule has 2 rings (SSSR count). The number of sulfone groups is 1. The molecular formula is C19H25Cl2N3O5S. The Hall–Kier alpha value is -1.84. The van der Waals surface area contributed by atoms with Gasteiger partial charge in [0.15, 0.2) is 0 Å². The number of ether oxygens (including phenoxy) is 1. The molecular weight excluding hydrogens is 453 g/mol. The van der Waals surface area contributed by atoms with E-state index in [4.69, 9.17) is 32.4 Å². The van der Waals surface area contributed by atoms with Crippen LogP contribution in [-0.4, -0.2) is 30.3 Å². The largest absolute Gasteiger partial charge is 0.444 e. The lowest BCUT2D eigenvalue weighted by Crippen LogP contribution is -2.35. The molecule has 2 aromatic rings. The SMILES string of the molecule is CC(C)CC(NC(=O)OC(C)(C)C)c1nnc(S(=O)(=O)Cc2c(Cl)cccc2Cl)o1. The van der Waals surface area contributed by atoms with Crippen LogP contribution in [0.25, 0.3) is 0 Å². The van der Waals surface area contributed by atoms with Crippen molar-refractivity contribution < 1.29 is 22.4 Å². The second-order valence-corrected chi connectivity index (χ2v) is 10.9. The van der Waals surface area contributed by atoms with Gasteiger partial charge in [0.1, 0.15) is 11.6 Å². The van der Waals surface area contributed by atoms with Crippen LogP contribution in [0.2, 0.25) is 10.0 Å². The highest BCUT2D eigenvalue weighted by Crippen LogP contribution is 2.29. The molecule has 1 N–H and O–H groups in total. The molecule has 0 bridgehead atoms. The molecule has 0 aliphatic heterocycles. The Kier molecular flexibility index (Phi) is 7.76. The van der Waals surface area contributed by atoms with Gasteiger partial charge in [-0.1, -0.05) is 48.2 Å². The van der Waals surface area contributed by atoms with E-state index in [1.54, 1.807) is 39.0 Å². The van der Waals surface area contributed by atoms with Crippen LogP contribution in [0.3, 0.4) is 0 Å². The maximum absolute atomic E-state index is 12.7. The van der Waals surface area contributed by atoms with E-state index in [9.17, 15) is 13.2 Å². The first-order valence-electron chi connectivity index (χ1n) is 9.27. The molecule has 0 radical (unpaired) electrons. The summed E-state index contributed by atoms with van der Waals surface area (Å²) in [4.78, 5) is 12.2. The third-order valence-corrected chi connectivity index (χ3v) is 5.85. The van der Waals surface area contributed by atoms with Gasteiger partial charge in [0, 0.05) is 15.6 Å². The van der Waals surface area contributed by atoms with Crippen molar-refractivity contribution in [1.29, 1.82) is 0 Å². The minimum Gasteiger partial charge on any atom is -0.444 e. The summed E-state index contributed by atoms with van der Waals surface area (Å²) < 4.78 is 36.2. The Morgan fingerprint density at radius 2 is 1.80 bits per heavy atom. The molecule has 0 fully saturated rings. The molecule has 0 spiro atoms. The van der Waals surface area contributed by atoms with Gasteiger partial charge in [-0.3, -0.25) is 0 Å². The molecule has 1 atom stereocenters. The molecule has 0 saturated heterocycles. The predicted octanol–water partition coefficient (Wildman–Crippen LogP) is 4.96. The second kappa shape index (κ2) is 9.53. The van der Waals surface area contributed by atoms with E-state index in [1.165, 1.54) is 0 Å². The smallest absolute Gasteiger partial charge is 0.408 e. The van der Waals surface area contributed by atoms with Crippen molar-refractivity contribution in [3.63, 3.8) is 0 Å². The first-order valence-corrected chi connectivity index (χ1v) is 11.7. The number of alkyl carbamates (subject to hydrolysis) is 1. The summed E-state index contributed by atoms with van der Waals surface area (Å²) in [5, 5.41) is 10.0. The van der Waals surface area contributed by atoms with Crippen LogP contribution in [0, 0.1) is 5.92 Å². The summed E-state index contributed by atoms with van der Waals surface area (Å²) in [5.41, 5.74) is -0.449. The first-order chi connectivity index (χ1) is 13.8. The average Bonchev–Trinajstić information content (AvgIpc) is 3.06. The van der Waals surface area contributed by atoms with Crippen molar-refractivity contribution in [1.82, 2.24) is 15.5 Å². The number of rotatable bonds is 7. The number of carbonyl (C=O) groups excluding carboxylic acids is 1. The van der Waals surface area contributed by atoms with Crippen molar-refractivity contribution in [3.8, 4) is 0 Å². The molecule has 1 aromatic heterocycles. The number of halogens is 2. The number of aromatic nitrogens is 2. The summed E-state index contributed by atoms with van der Waals surface area (Å²) >= 11 is 12.1. The van der Waals surface area contributed by atoms with Gasteiger partial charge in [-0.2, -0.15) is 0 Å². The highest BCUT2D eigenvalue weighted by Gasteiger charge is 2.30. The lowest BCUT2D eigenvalue weighted by molar-refractivity contribution is 0.0487. The Labute approximate surface area is 186 Å². The molecule has 0 aliphatic carbocycles. The molecule has 0 saturated carbocycles. The van der Waals surface area contributed by atoms with Gasteiger partial charge in [0.25, 0.3) is 0 Å². The molecule has 1 aromatic carbocycles. The predicted molar refractivity (Wildman–Crippen MR) is 113 cm³/mol. The quantitative estimate of drug-likeness (QED) is 0.599. The van der Waals surface area contributed by atoms with Crippen LogP contribution in [0.4, 0.5) is 4.79 Å². The number of hydrogen-bond donors (Lipinski definition) is 1. The van der Waals surface area contributed by atoms with Gasteiger partial charge in [-0.05, 0) is 45.2 Å². The van der Waals surface area contributed by atoms with Crippen LogP contribution in [0.5, 0.6) is 0 Å². The molecule has 1 heterocycles. The van der Waals surface area contributed by atoms with Crippen molar-refractivity contribution >= 4 is 39.1 Å². The van der Waals surface area contributed by atoms with Crippen molar-refractivity contribution in [2.75, 3.05) is 0 Å². The van der Waals surface area contributed by atoms with Gasteiger partial charge < -0.3 is 14.5 Å². The van der Waals surface area contributed by atoms with Gasteiger partial charge >= 0.3 is 11.3 Å². The van der Waals surface area contributed by atoms with Gasteiger partial charge in [-0.15, -0.1) is 5.10 Å². The van der Waals surface area contributed by atoms with E-state index in [-0.39, 0.29) is 27.4 Å². The molecule has 166 valence electrons. The van der Waals surface area contributed by atoms with Gasteiger partial charge in [0.2, 0.25) is 15.7 Å². The minimum absolute atomic E-state index is 0.0293. The number of hydrogen-bond acceptors (Lipinski definition) is 7. The standard InChI is InChI=1S/C19H25Cl2N3O5S/c1-11(2)9-15(22-17(25)29-19(3,4)5)16-23-24-18(28-16)30(26,27)10-12-13(20)7-6-8-14(12)21/h6-8,11,15H,9-10H2,1-5H3,(H,22,25). The Morgan fingerprint density at radius 1 is 1.20 bits per heavy atom. The number of nitrogens with one attached hydrogen (secondary N) is 1. The monoisotopic (exact) mass is 477 g/mol. The third kappa shape index (κ3) is 6.85. The number of amides is 1. The van der Waals surface area contributed by atoms with Crippen LogP contribution < -0.4 is 5.32 Å². The number of nitrogens with zero attached hydrogens (tertiary/aromatic N) is 2. The molecule has 30 heavy (non-hydrogen) atoms. The zero-order valence-corrected chi connectivity index (χ0v) is 19.7. The zero-order valence-electron chi connectivity index (χ0n) is 17.4. The van der Waals surface area contributed by atoms with Gasteiger partial charge in [0.05, 0.1) is 5.75 Å². The molecule has 1 amide bonds. The van der Waals surface area contributed by atoms with E-state index >= 15 is 0 Å². The maximum atomic E-state index is 12.7. The topological polar surface area (TPSA) is 111 Å². The van der Waals surface area contributed by atoms with Crippen molar-refractivity contribution in [2.45, 2.75) is 63.7 Å². The molecule has 0 aliphatic rings. The highest BCUT2D eigenvalue weighted by atomic mass is 35.5. The van der Waals surface area contributed by atoms with E-state index in [0.29, 0.717) is 6.42 Å². The van der Waals surface area contributed by atoms with Crippen LogP contribution >= 0.6 is 23.2 Å². The van der Waals surface area contributed by atoms with Crippen molar-refractivity contribution in [3.05, 3.63) is 39.7 Å². The first kappa shape index (κ1) is 24.4. The van der Waals surface area contributed by atoms with E-state index in [0.717, 1.165) is 0 Å². The van der Waals surface area contributed by atoms with Crippen LogP contribution in [0.1, 0.15) is 58.5 Å². The minimum atomic E-state index is -4.01. The van der Waals surface area contributed by atoms with E-state index in [2.05, 4.69) is 15.5 Å². The Balaban J connectivity index is 2.26. The van der Waals surface area contributed by atoms with E-state index < -0.39 is 38.5 Å². The number of carbonyl (C=O) groups is 1. The maximum Gasteiger partial charge on any atom is 0.408 e. The molecule has 11 heteroatoms. The fraction of sp³-hybridized carbons (Fsp3) is 0.526. The average molecular weight is 478 g/mol. The second-order valence-electron chi connectivity index (χ2n) is 8.19. The summed E-state index contributed by atoms with van der Waals surface area (Å²) in [6.45, 7) is 9.10. The fourth-order valence-electron chi connectivity index (χ4n) is 2.55.